The zero-order chi connectivity index (χ0) is 6.53. The van der Waals surface area contributed by atoms with Gasteiger partial charge in [0, 0.05) is 11.1 Å². The highest BCUT2D eigenvalue weighted by Crippen LogP contribution is 1.97. The van der Waals surface area contributed by atoms with Crippen molar-refractivity contribution in [1.29, 1.82) is 0 Å². The lowest BCUT2D eigenvalue weighted by atomic mass is 10.2. The van der Waals surface area contributed by atoms with E-state index < -0.39 is 0 Å². The summed E-state index contributed by atoms with van der Waals surface area (Å²) in [5.41, 5.74) is 7.99. The first kappa shape index (κ1) is 5.85. The molecule has 1 aliphatic heterocycles. The Labute approximate surface area is 52.5 Å². The maximum absolute atomic E-state index is 7.99. The lowest BCUT2D eigenvalue weighted by Crippen LogP contribution is -2.06. The van der Waals surface area contributed by atoms with E-state index in [1.807, 2.05) is 6.08 Å². The molecule has 1 atom stereocenters. The minimum absolute atomic E-state index is 0.0694. The van der Waals surface area contributed by atoms with Crippen molar-refractivity contribution in [3.05, 3.63) is 22.6 Å². The van der Waals surface area contributed by atoms with Gasteiger partial charge in [-0.15, -0.1) is 0 Å². The Morgan fingerprint density at radius 2 is 2.67 bits per heavy atom. The number of allylic oxidation sites excluding steroid dienone is 1. The van der Waals surface area contributed by atoms with Crippen molar-refractivity contribution in [1.82, 2.24) is 0 Å². The number of hydrogen-bond donors (Lipinski definition) is 0. The van der Waals surface area contributed by atoms with E-state index >= 15 is 0 Å². The van der Waals surface area contributed by atoms with E-state index in [0.29, 0.717) is 6.54 Å². The van der Waals surface area contributed by atoms with Gasteiger partial charge in [-0.25, -0.2) is 0 Å². The first-order valence-corrected chi connectivity index (χ1v) is 2.64. The number of rotatable bonds is 1. The Hall–Kier alpha value is -1.28. The highest BCUT2D eigenvalue weighted by molar-refractivity contribution is 5.72. The number of hydrogen-bond acceptors (Lipinski definition) is 2. The molecule has 1 heterocycles. The average Bonchev–Trinajstić information content (AvgIpc) is 1.91. The summed E-state index contributed by atoms with van der Waals surface area (Å²) in [6.07, 6.45) is 5.30. The van der Waals surface area contributed by atoms with Gasteiger partial charge in [0.1, 0.15) is 0 Å². The molecular weight excluding hydrogens is 116 g/mol. The van der Waals surface area contributed by atoms with Crippen LogP contribution in [0.25, 0.3) is 10.4 Å². The Balaban J connectivity index is 2.55. The first-order chi connectivity index (χ1) is 4.43. The van der Waals surface area contributed by atoms with Crippen LogP contribution >= 0.6 is 0 Å². The van der Waals surface area contributed by atoms with Crippen molar-refractivity contribution in [3.63, 3.8) is 0 Å². The summed E-state index contributed by atoms with van der Waals surface area (Å²) in [5.74, 6) is 0. The van der Waals surface area contributed by atoms with Gasteiger partial charge in [0.2, 0.25) is 0 Å². The molecule has 0 saturated carbocycles. The molecule has 1 aliphatic rings. The van der Waals surface area contributed by atoms with Crippen LogP contribution in [0.3, 0.4) is 0 Å². The van der Waals surface area contributed by atoms with E-state index in [9.17, 15) is 0 Å². The van der Waals surface area contributed by atoms with Gasteiger partial charge in [-0.2, -0.15) is 0 Å². The summed E-state index contributed by atoms with van der Waals surface area (Å²) in [5, 5.41) is 3.46. The van der Waals surface area contributed by atoms with Gasteiger partial charge in [0.15, 0.2) is 0 Å². The van der Waals surface area contributed by atoms with Crippen molar-refractivity contribution < 1.29 is 0 Å². The molecule has 0 aromatic carbocycles. The summed E-state index contributed by atoms with van der Waals surface area (Å²) in [7, 11) is 0. The van der Waals surface area contributed by atoms with E-state index in [1.54, 1.807) is 12.3 Å². The Bertz CT molecular complexity index is 187. The molecule has 9 heavy (non-hydrogen) atoms. The molecule has 0 radical (unpaired) electrons. The quantitative estimate of drug-likeness (QED) is 0.286. The monoisotopic (exact) mass is 122 g/mol. The third-order valence-electron chi connectivity index (χ3n) is 1.02. The number of azide groups is 1. The van der Waals surface area contributed by atoms with Crippen LogP contribution in [0.15, 0.2) is 22.3 Å². The highest BCUT2D eigenvalue weighted by atomic mass is 15.2. The Kier molecular flexibility index (Phi) is 1.88. The minimum atomic E-state index is -0.0694. The molecule has 0 amide bonds. The fraction of sp³-hybridized carbons (Fsp3) is 0.400. The van der Waals surface area contributed by atoms with Gasteiger partial charge in [0.25, 0.3) is 0 Å². The van der Waals surface area contributed by atoms with Gasteiger partial charge < -0.3 is 0 Å². The lowest BCUT2D eigenvalue weighted by molar-refractivity contribution is 0.812. The molecule has 4 heteroatoms. The SMILES string of the molecule is [N-]=[N+]=NC1C=CC=NC1. The molecule has 4 nitrogen and oxygen atoms in total. The van der Waals surface area contributed by atoms with E-state index in [4.69, 9.17) is 5.53 Å². The normalized spacial score (nSPS) is 23.3. The molecule has 1 unspecified atom stereocenters. The van der Waals surface area contributed by atoms with Crippen LogP contribution in [0.2, 0.25) is 0 Å². The second kappa shape index (κ2) is 2.89. The predicted molar refractivity (Wildman–Crippen MR) is 35.4 cm³/mol. The third-order valence-corrected chi connectivity index (χ3v) is 1.02. The maximum atomic E-state index is 7.99. The first-order valence-electron chi connectivity index (χ1n) is 2.64. The number of aliphatic imine (C=N–C) groups is 1. The second-order valence-electron chi connectivity index (χ2n) is 1.67. The largest absolute Gasteiger partial charge is 0.292 e. The lowest BCUT2D eigenvalue weighted by Gasteiger charge is -2.02. The van der Waals surface area contributed by atoms with Gasteiger partial charge in [-0.05, 0) is 11.6 Å². The molecule has 0 aromatic rings. The topological polar surface area (TPSA) is 61.1 Å². The predicted octanol–water partition coefficient (Wildman–Crippen LogP) is 1.31. The molecule has 0 aliphatic carbocycles. The average molecular weight is 122 g/mol. The smallest absolute Gasteiger partial charge is 0.0754 e. The fourth-order valence-corrected chi connectivity index (χ4v) is 0.610. The van der Waals surface area contributed by atoms with Crippen molar-refractivity contribution in [2.75, 3.05) is 6.54 Å². The van der Waals surface area contributed by atoms with Gasteiger partial charge in [-0.1, -0.05) is 11.2 Å². The van der Waals surface area contributed by atoms with Crippen LogP contribution in [0.5, 0.6) is 0 Å². The van der Waals surface area contributed by atoms with Crippen molar-refractivity contribution in [2.45, 2.75) is 6.04 Å². The van der Waals surface area contributed by atoms with Crippen LogP contribution in [0.1, 0.15) is 0 Å². The zero-order valence-electron chi connectivity index (χ0n) is 4.81. The van der Waals surface area contributed by atoms with E-state index in [-0.39, 0.29) is 6.04 Å². The van der Waals surface area contributed by atoms with E-state index in [1.165, 1.54) is 0 Å². The van der Waals surface area contributed by atoms with Crippen LogP contribution in [0.4, 0.5) is 0 Å². The zero-order valence-corrected chi connectivity index (χ0v) is 4.81. The molecule has 0 bridgehead atoms. The minimum Gasteiger partial charge on any atom is -0.292 e. The van der Waals surface area contributed by atoms with E-state index in [2.05, 4.69) is 15.0 Å². The van der Waals surface area contributed by atoms with Gasteiger partial charge >= 0.3 is 0 Å². The Morgan fingerprint density at radius 1 is 1.78 bits per heavy atom. The fourth-order valence-electron chi connectivity index (χ4n) is 0.610. The Morgan fingerprint density at radius 3 is 3.22 bits per heavy atom. The molecule has 0 saturated heterocycles. The summed E-state index contributed by atoms with van der Waals surface area (Å²) in [6.45, 7) is 0.584. The molecule has 46 valence electrons. The van der Waals surface area contributed by atoms with Crippen LogP contribution < -0.4 is 0 Å². The molecule has 0 spiro atoms. The van der Waals surface area contributed by atoms with Crippen LogP contribution in [0, 0.1) is 0 Å². The van der Waals surface area contributed by atoms with Crippen LogP contribution in [-0.2, 0) is 0 Å². The second-order valence-corrected chi connectivity index (χ2v) is 1.67. The van der Waals surface area contributed by atoms with Crippen molar-refractivity contribution in [2.24, 2.45) is 10.1 Å². The summed E-state index contributed by atoms with van der Waals surface area (Å²) >= 11 is 0. The number of dihydropyridines is 1. The maximum Gasteiger partial charge on any atom is 0.0754 e. The molecule has 0 aromatic heterocycles. The summed E-state index contributed by atoms with van der Waals surface area (Å²) in [4.78, 5) is 6.56. The van der Waals surface area contributed by atoms with Gasteiger partial charge in [-0.3, -0.25) is 4.99 Å². The van der Waals surface area contributed by atoms with Crippen LogP contribution in [-0.4, -0.2) is 18.8 Å². The van der Waals surface area contributed by atoms with Crippen molar-refractivity contribution >= 4 is 6.21 Å². The summed E-state index contributed by atoms with van der Waals surface area (Å²) in [6, 6.07) is -0.0694. The molecule has 0 N–H and O–H groups in total. The molecule has 0 fully saturated rings. The summed E-state index contributed by atoms with van der Waals surface area (Å²) < 4.78 is 0. The standard InChI is InChI=1S/C5H6N4/c6-9-8-5-2-1-3-7-4-5/h1-3,5H,4H2. The highest BCUT2D eigenvalue weighted by Gasteiger charge is 1.99. The third kappa shape index (κ3) is 1.58. The van der Waals surface area contributed by atoms with Gasteiger partial charge in [0.05, 0.1) is 12.6 Å². The van der Waals surface area contributed by atoms with E-state index in [0.717, 1.165) is 0 Å². The molecular formula is C5H6N4. The number of nitrogens with zero attached hydrogens (tertiary/aromatic N) is 4. The molecule has 1 rings (SSSR count). The van der Waals surface area contributed by atoms with Crippen molar-refractivity contribution in [3.8, 4) is 0 Å².